The predicted molar refractivity (Wildman–Crippen MR) is 75.5 cm³/mol. The molecule has 3 heteroatoms. The van der Waals surface area contributed by atoms with Gasteiger partial charge in [-0.3, -0.25) is 0 Å². The van der Waals surface area contributed by atoms with E-state index in [9.17, 15) is 5.11 Å². The monoisotopic (exact) mass is 257 g/mol. The van der Waals surface area contributed by atoms with Crippen molar-refractivity contribution in [1.82, 2.24) is 5.32 Å². The summed E-state index contributed by atoms with van der Waals surface area (Å²) >= 11 is 2.09. The molecule has 0 aromatic heterocycles. The van der Waals surface area contributed by atoms with Crippen LogP contribution in [0.25, 0.3) is 0 Å². The molecule has 0 aromatic carbocycles. The van der Waals surface area contributed by atoms with Gasteiger partial charge in [0.05, 0.1) is 0 Å². The van der Waals surface area contributed by atoms with Gasteiger partial charge in [-0.15, -0.1) is 0 Å². The molecule has 1 aliphatic carbocycles. The fourth-order valence-electron chi connectivity index (χ4n) is 3.31. The molecule has 2 fully saturated rings. The Labute approximate surface area is 110 Å². The third-order valence-corrected chi connectivity index (χ3v) is 5.75. The third kappa shape index (κ3) is 4.15. The molecule has 0 amide bonds. The standard InChI is InChI=1S/C14H27NOS/c1-14(2)7-13(9-17-10-14)15-12-5-3-4-11(6-12)8-16/h11-13,15-16H,3-10H2,1-2H3. The number of thioether (sulfide) groups is 1. The summed E-state index contributed by atoms with van der Waals surface area (Å²) in [7, 11) is 0. The van der Waals surface area contributed by atoms with E-state index in [-0.39, 0.29) is 0 Å². The minimum atomic E-state index is 0.378. The highest BCUT2D eigenvalue weighted by molar-refractivity contribution is 7.99. The summed E-state index contributed by atoms with van der Waals surface area (Å²) in [5.41, 5.74) is 0.492. The van der Waals surface area contributed by atoms with Gasteiger partial charge >= 0.3 is 0 Å². The van der Waals surface area contributed by atoms with Crippen LogP contribution in [0.4, 0.5) is 0 Å². The van der Waals surface area contributed by atoms with E-state index in [0.717, 1.165) is 0 Å². The molecule has 3 unspecified atom stereocenters. The second-order valence-electron chi connectivity index (χ2n) is 6.66. The van der Waals surface area contributed by atoms with Crippen molar-refractivity contribution in [2.75, 3.05) is 18.1 Å². The molecule has 1 saturated heterocycles. The SMILES string of the molecule is CC1(C)CSCC(NC2CCCC(CO)C2)C1. The Morgan fingerprint density at radius 1 is 1.29 bits per heavy atom. The lowest BCUT2D eigenvalue weighted by Crippen LogP contribution is -2.47. The van der Waals surface area contributed by atoms with Crippen LogP contribution >= 0.6 is 11.8 Å². The number of hydrogen-bond donors (Lipinski definition) is 2. The van der Waals surface area contributed by atoms with E-state index in [1.807, 2.05) is 0 Å². The molecule has 2 aliphatic rings. The zero-order valence-corrected chi connectivity index (χ0v) is 12.1. The Morgan fingerprint density at radius 3 is 2.82 bits per heavy atom. The topological polar surface area (TPSA) is 32.3 Å². The third-order valence-electron chi connectivity index (χ3n) is 4.12. The van der Waals surface area contributed by atoms with Gasteiger partial charge in [-0.2, -0.15) is 11.8 Å². The van der Waals surface area contributed by atoms with Gasteiger partial charge in [-0.05, 0) is 42.8 Å². The molecule has 1 heterocycles. The van der Waals surface area contributed by atoms with E-state index in [4.69, 9.17) is 0 Å². The van der Waals surface area contributed by atoms with E-state index in [2.05, 4.69) is 30.9 Å². The van der Waals surface area contributed by atoms with Crippen molar-refractivity contribution in [3.05, 3.63) is 0 Å². The summed E-state index contributed by atoms with van der Waals surface area (Å²) < 4.78 is 0. The van der Waals surface area contributed by atoms with E-state index in [1.165, 1.54) is 43.6 Å². The van der Waals surface area contributed by atoms with Crippen LogP contribution in [0.15, 0.2) is 0 Å². The molecule has 2 rings (SSSR count). The predicted octanol–water partition coefficient (Wildman–Crippen LogP) is 2.66. The van der Waals surface area contributed by atoms with E-state index >= 15 is 0 Å². The molecule has 0 spiro atoms. The largest absolute Gasteiger partial charge is 0.396 e. The van der Waals surface area contributed by atoms with Gasteiger partial charge in [0.15, 0.2) is 0 Å². The van der Waals surface area contributed by atoms with Crippen LogP contribution in [0.1, 0.15) is 46.0 Å². The van der Waals surface area contributed by atoms with Crippen molar-refractivity contribution in [1.29, 1.82) is 0 Å². The van der Waals surface area contributed by atoms with Gasteiger partial charge in [0.1, 0.15) is 0 Å². The summed E-state index contributed by atoms with van der Waals surface area (Å²) in [4.78, 5) is 0. The lowest BCUT2D eigenvalue weighted by molar-refractivity contribution is 0.162. The molecule has 17 heavy (non-hydrogen) atoms. The second-order valence-corrected chi connectivity index (χ2v) is 7.69. The average molecular weight is 257 g/mol. The Morgan fingerprint density at radius 2 is 2.12 bits per heavy atom. The summed E-state index contributed by atoms with van der Waals surface area (Å²) in [6.07, 6.45) is 6.29. The quantitative estimate of drug-likeness (QED) is 0.815. The Kier molecular flexibility index (Phi) is 4.79. The van der Waals surface area contributed by atoms with Crippen LogP contribution in [0.5, 0.6) is 0 Å². The van der Waals surface area contributed by atoms with E-state index < -0.39 is 0 Å². The van der Waals surface area contributed by atoms with Gasteiger partial charge in [0.2, 0.25) is 0 Å². The van der Waals surface area contributed by atoms with Gasteiger partial charge in [-0.1, -0.05) is 20.3 Å². The summed E-state index contributed by atoms with van der Waals surface area (Å²) in [6.45, 7) is 5.14. The molecular formula is C14H27NOS. The Hall–Kier alpha value is 0.270. The molecule has 1 saturated carbocycles. The van der Waals surface area contributed by atoms with Crippen molar-refractivity contribution in [2.45, 2.75) is 58.0 Å². The maximum Gasteiger partial charge on any atom is 0.0459 e. The minimum absolute atomic E-state index is 0.378. The maximum absolute atomic E-state index is 9.27. The van der Waals surface area contributed by atoms with Crippen LogP contribution in [-0.4, -0.2) is 35.3 Å². The van der Waals surface area contributed by atoms with E-state index in [1.54, 1.807) is 0 Å². The molecule has 2 N–H and O–H groups in total. The molecule has 0 radical (unpaired) electrons. The van der Waals surface area contributed by atoms with Crippen molar-refractivity contribution in [3.63, 3.8) is 0 Å². The lowest BCUT2D eigenvalue weighted by Gasteiger charge is -2.39. The zero-order chi connectivity index (χ0) is 12.3. The minimum Gasteiger partial charge on any atom is -0.396 e. The highest BCUT2D eigenvalue weighted by Crippen LogP contribution is 2.34. The van der Waals surface area contributed by atoms with Crippen molar-refractivity contribution in [3.8, 4) is 0 Å². The number of aliphatic hydroxyl groups excluding tert-OH is 1. The molecular weight excluding hydrogens is 230 g/mol. The molecule has 0 bridgehead atoms. The van der Waals surface area contributed by atoms with Crippen LogP contribution in [-0.2, 0) is 0 Å². The number of aliphatic hydroxyl groups is 1. The summed E-state index contributed by atoms with van der Waals surface area (Å²) in [5, 5.41) is 13.1. The number of rotatable bonds is 3. The number of nitrogens with one attached hydrogen (secondary N) is 1. The maximum atomic E-state index is 9.27. The van der Waals surface area contributed by atoms with E-state index in [0.29, 0.717) is 30.0 Å². The fraction of sp³-hybridized carbons (Fsp3) is 1.00. The summed E-state index contributed by atoms with van der Waals surface area (Å²) in [6, 6.07) is 1.34. The van der Waals surface area contributed by atoms with Crippen LogP contribution in [0.2, 0.25) is 0 Å². The molecule has 2 nitrogen and oxygen atoms in total. The first-order valence-electron chi connectivity index (χ1n) is 7.04. The Bertz CT molecular complexity index is 244. The summed E-state index contributed by atoms with van der Waals surface area (Å²) in [5.74, 6) is 3.12. The Balaban J connectivity index is 1.80. The first-order chi connectivity index (χ1) is 8.09. The fourth-order valence-corrected chi connectivity index (χ4v) is 4.60. The second kappa shape index (κ2) is 5.94. The van der Waals surface area contributed by atoms with Crippen LogP contribution < -0.4 is 5.32 Å². The highest BCUT2D eigenvalue weighted by Gasteiger charge is 2.30. The molecule has 100 valence electrons. The molecule has 0 aromatic rings. The van der Waals surface area contributed by atoms with Gasteiger partial charge in [0.25, 0.3) is 0 Å². The highest BCUT2D eigenvalue weighted by atomic mass is 32.2. The van der Waals surface area contributed by atoms with Crippen molar-refractivity contribution in [2.24, 2.45) is 11.3 Å². The van der Waals surface area contributed by atoms with Crippen LogP contribution in [0, 0.1) is 11.3 Å². The van der Waals surface area contributed by atoms with Crippen LogP contribution in [0.3, 0.4) is 0 Å². The normalized spacial score (nSPS) is 37.9. The van der Waals surface area contributed by atoms with Gasteiger partial charge in [-0.25, -0.2) is 0 Å². The number of hydrogen-bond acceptors (Lipinski definition) is 3. The molecule has 1 aliphatic heterocycles. The smallest absolute Gasteiger partial charge is 0.0459 e. The lowest BCUT2D eigenvalue weighted by atomic mass is 9.84. The zero-order valence-electron chi connectivity index (χ0n) is 11.2. The van der Waals surface area contributed by atoms with Crippen molar-refractivity contribution < 1.29 is 5.11 Å². The average Bonchev–Trinajstić information content (AvgIpc) is 2.28. The van der Waals surface area contributed by atoms with Gasteiger partial charge < -0.3 is 10.4 Å². The molecule has 3 atom stereocenters. The first-order valence-corrected chi connectivity index (χ1v) is 8.19. The van der Waals surface area contributed by atoms with Gasteiger partial charge in [0, 0.05) is 24.4 Å². The first kappa shape index (κ1) is 13.7. The van der Waals surface area contributed by atoms with Crippen molar-refractivity contribution >= 4 is 11.8 Å².